The number of carbonyl (C=O) groups is 1. The van der Waals surface area contributed by atoms with Gasteiger partial charge in [-0.05, 0) is 18.4 Å². The number of aromatic nitrogens is 2. The molecule has 8 heteroatoms. The van der Waals surface area contributed by atoms with E-state index in [2.05, 4.69) is 4.98 Å². The van der Waals surface area contributed by atoms with E-state index in [0.717, 1.165) is 21.7 Å². The fourth-order valence-electron chi connectivity index (χ4n) is 4.17. The number of benzene rings is 1. The Bertz CT molecular complexity index is 833. The van der Waals surface area contributed by atoms with E-state index in [1.807, 2.05) is 28.8 Å². The Morgan fingerprint density at radius 3 is 2.69 bits per heavy atom. The molecular weight excluding hydrogens is 347 g/mol. The van der Waals surface area contributed by atoms with Gasteiger partial charge >= 0.3 is 12.1 Å². The third-order valence-corrected chi connectivity index (χ3v) is 5.38. The Balaban J connectivity index is 1.64. The highest BCUT2D eigenvalue weighted by molar-refractivity contribution is 5.81. The molecule has 1 aromatic carbocycles. The minimum absolute atomic E-state index is 0.0250. The normalized spacial score (nSPS) is 25.5. The fraction of sp³-hybridized carbons (Fsp3) is 0.444. The van der Waals surface area contributed by atoms with E-state index in [1.165, 1.54) is 0 Å². The van der Waals surface area contributed by atoms with Gasteiger partial charge in [0.1, 0.15) is 0 Å². The van der Waals surface area contributed by atoms with Crippen molar-refractivity contribution in [1.82, 2.24) is 14.5 Å². The number of nitrogens with zero attached hydrogens (tertiary/aromatic N) is 3. The highest BCUT2D eigenvalue weighted by Gasteiger charge is 2.45. The number of aliphatic hydroxyl groups excluding tert-OH is 1. The van der Waals surface area contributed by atoms with Crippen molar-refractivity contribution in [1.29, 1.82) is 0 Å². The smallest absolute Gasteiger partial charge is 0.393 e. The van der Waals surface area contributed by atoms with Gasteiger partial charge in [-0.15, -0.1) is 0 Å². The van der Waals surface area contributed by atoms with Crippen molar-refractivity contribution in [2.75, 3.05) is 13.1 Å². The molecule has 1 N–H and O–H groups in total. The topological polar surface area (TPSA) is 58.4 Å². The first-order valence-electron chi connectivity index (χ1n) is 8.53. The van der Waals surface area contributed by atoms with Crippen LogP contribution in [0.3, 0.4) is 0 Å². The molecule has 5 nitrogen and oxygen atoms in total. The summed E-state index contributed by atoms with van der Waals surface area (Å²) in [6.07, 6.45) is -1.83. The van der Waals surface area contributed by atoms with Gasteiger partial charge in [0, 0.05) is 24.6 Å². The summed E-state index contributed by atoms with van der Waals surface area (Å²) in [7, 11) is 0. The summed E-state index contributed by atoms with van der Waals surface area (Å²) in [5.74, 6) is -2.13. The third kappa shape index (κ3) is 2.68. The highest BCUT2D eigenvalue weighted by Crippen LogP contribution is 2.45. The maximum atomic E-state index is 12.7. The van der Waals surface area contributed by atoms with E-state index in [9.17, 15) is 23.1 Å². The van der Waals surface area contributed by atoms with E-state index in [4.69, 9.17) is 0 Å². The number of alkyl halides is 3. The van der Waals surface area contributed by atoms with Gasteiger partial charge in [0.2, 0.25) is 0 Å². The van der Waals surface area contributed by atoms with Crippen LogP contribution >= 0.6 is 0 Å². The quantitative estimate of drug-likeness (QED) is 0.845. The van der Waals surface area contributed by atoms with E-state index in [-0.39, 0.29) is 31.5 Å². The number of fused-ring (bicyclic) bond motifs is 3. The number of amides is 1. The number of carbonyl (C=O) groups excluding carboxylic acids is 1. The SMILES string of the molecule is O=C(N1CCC(O)C(C2c3ccccc3-c3cncn32)CC1)C(F)(F)F. The van der Waals surface area contributed by atoms with Crippen molar-refractivity contribution in [3.05, 3.63) is 42.4 Å². The van der Waals surface area contributed by atoms with E-state index in [0.29, 0.717) is 6.42 Å². The van der Waals surface area contributed by atoms with Crippen molar-refractivity contribution in [2.45, 2.75) is 31.2 Å². The zero-order chi connectivity index (χ0) is 18.5. The van der Waals surface area contributed by atoms with Crippen molar-refractivity contribution < 1.29 is 23.1 Å². The standard InChI is InChI=1S/C18H18F3N3O2/c19-18(20,21)17(26)23-7-5-13(15(25)6-8-23)16-12-4-2-1-3-11(12)14-9-22-10-24(14)16/h1-4,9-10,13,15-16,25H,5-8H2. The minimum Gasteiger partial charge on any atom is -0.393 e. The van der Waals surface area contributed by atoms with Crippen LogP contribution in [-0.2, 0) is 4.79 Å². The molecule has 0 spiro atoms. The molecule has 1 fully saturated rings. The van der Waals surface area contributed by atoms with Gasteiger partial charge < -0.3 is 14.6 Å². The van der Waals surface area contributed by atoms with Gasteiger partial charge in [-0.2, -0.15) is 13.2 Å². The Hall–Kier alpha value is -2.35. The Labute approximate surface area is 148 Å². The lowest BCUT2D eigenvalue weighted by atomic mass is 9.85. The van der Waals surface area contributed by atoms with Crippen molar-refractivity contribution in [3.63, 3.8) is 0 Å². The van der Waals surface area contributed by atoms with Gasteiger partial charge in [-0.25, -0.2) is 4.98 Å². The Kier molecular flexibility index (Phi) is 4.02. The van der Waals surface area contributed by atoms with Gasteiger partial charge in [-0.3, -0.25) is 4.79 Å². The molecule has 1 amide bonds. The lowest BCUT2D eigenvalue weighted by Gasteiger charge is -2.28. The van der Waals surface area contributed by atoms with Crippen LogP contribution in [0.5, 0.6) is 0 Å². The molecule has 3 heterocycles. The molecule has 3 atom stereocenters. The summed E-state index contributed by atoms with van der Waals surface area (Å²) < 4.78 is 40.2. The lowest BCUT2D eigenvalue weighted by Crippen LogP contribution is -2.41. The number of aliphatic hydroxyl groups is 1. The average molecular weight is 365 g/mol. The van der Waals surface area contributed by atoms with Crippen molar-refractivity contribution >= 4 is 5.91 Å². The number of hydrogen-bond donors (Lipinski definition) is 1. The number of rotatable bonds is 1. The number of imidazole rings is 1. The number of hydrogen-bond acceptors (Lipinski definition) is 3. The van der Waals surface area contributed by atoms with Gasteiger partial charge in [0.15, 0.2) is 0 Å². The van der Waals surface area contributed by atoms with Crippen LogP contribution in [0.4, 0.5) is 13.2 Å². The molecular formula is C18H18F3N3O2. The van der Waals surface area contributed by atoms with E-state index < -0.39 is 18.2 Å². The van der Waals surface area contributed by atoms with Gasteiger partial charge in [0.25, 0.3) is 0 Å². The largest absolute Gasteiger partial charge is 0.471 e. The maximum Gasteiger partial charge on any atom is 0.471 e. The molecule has 3 unspecified atom stereocenters. The summed E-state index contributed by atoms with van der Waals surface area (Å²) in [5, 5.41) is 10.6. The second-order valence-corrected chi connectivity index (χ2v) is 6.82. The Morgan fingerprint density at radius 1 is 1.19 bits per heavy atom. The van der Waals surface area contributed by atoms with Gasteiger partial charge in [-0.1, -0.05) is 24.3 Å². The van der Waals surface area contributed by atoms with Crippen molar-refractivity contribution in [2.24, 2.45) is 5.92 Å². The summed E-state index contributed by atoms with van der Waals surface area (Å²) in [6, 6.07) is 7.59. The zero-order valence-corrected chi connectivity index (χ0v) is 13.9. The van der Waals surface area contributed by atoms with E-state index in [1.54, 1.807) is 12.5 Å². The molecule has 2 aliphatic rings. The number of likely N-dealkylation sites (tertiary alicyclic amines) is 1. The van der Waals surface area contributed by atoms with Crippen LogP contribution < -0.4 is 0 Å². The molecule has 2 aliphatic heterocycles. The zero-order valence-electron chi connectivity index (χ0n) is 13.9. The molecule has 26 heavy (non-hydrogen) atoms. The first-order valence-corrected chi connectivity index (χ1v) is 8.53. The highest BCUT2D eigenvalue weighted by atomic mass is 19.4. The van der Waals surface area contributed by atoms with Crippen LogP contribution in [0.15, 0.2) is 36.8 Å². The van der Waals surface area contributed by atoms with E-state index >= 15 is 0 Å². The lowest BCUT2D eigenvalue weighted by molar-refractivity contribution is -0.185. The van der Waals surface area contributed by atoms with Crippen molar-refractivity contribution in [3.8, 4) is 11.3 Å². The summed E-state index contributed by atoms with van der Waals surface area (Å²) in [6.45, 7) is -0.121. The molecule has 2 aromatic rings. The number of halogens is 3. The summed E-state index contributed by atoms with van der Waals surface area (Å²) in [4.78, 5) is 16.6. The van der Waals surface area contributed by atoms with Crippen LogP contribution in [0.25, 0.3) is 11.3 Å². The molecule has 138 valence electrons. The molecule has 1 aromatic heterocycles. The minimum atomic E-state index is -4.89. The van der Waals surface area contributed by atoms with Crippen LogP contribution in [0.1, 0.15) is 24.4 Å². The molecule has 0 aliphatic carbocycles. The molecule has 4 rings (SSSR count). The maximum absolute atomic E-state index is 12.7. The molecule has 0 radical (unpaired) electrons. The first-order chi connectivity index (χ1) is 12.4. The van der Waals surface area contributed by atoms with Crippen LogP contribution in [-0.4, -0.2) is 50.8 Å². The monoisotopic (exact) mass is 365 g/mol. The average Bonchev–Trinajstić information content (AvgIpc) is 3.12. The van der Waals surface area contributed by atoms with Gasteiger partial charge in [0.05, 0.1) is 30.4 Å². The molecule has 0 saturated carbocycles. The van der Waals surface area contributed by atoms with Crippen LogP contribution in [0.2, 0.25) is 0 Å². The first kappa shape index (κ1) is 17.1. The predicted molar refractivity (Wildman–Crippen MR) is 87.2 cm³/mol. The predicted octanol–water partition coefficient (Wildman–Crippen LogP) is 2.61. The fourth-order valence-corrected chi connectivity index (χ4v) is 4.17. The second kappa shape index (κ2) is 6.12. The Morgan fingerprint density at radius 2 is 1.92 bits per heavy atom. The summed E-state index contributed by atoms with van der Waals surface area (Å²) >= 11 is 0. The molecule has 1 saturated heterocycles. The second-order valence-electron chi connectivity index (χ2n) is 6.82. The van der Waals surface area contributed by atoms with Crippen LogP contribution in [0, 0.1) is 5.92 Å². The third-order valence-electron chi connectivity index (χ3n) is 5.38. The molecule has 0 bridgehead atoms. The summed E-state index contributed by atoms with van der Waals surface area (Å²) in [5.41, 5.74) is 2.99.